The molecule has 1 amide bonds. The van der Waals surface area contributed by atoms with E-state index in [9.17, 15) is 13.2 Å². The van der Waals surface area contributed by atoms with Crippen LogP contribution in [0, 0.1) is 18.3 Å². The zero-order valence-corrected chi connectivity index (χ0v) is 23.7. The Bertz CT molecular complexity index is 1350. The number of ether oxygens (including phenoxy) is 1. The molecule has 0 radical (unpaired) electrons. The second kappa shape index (κ2) is 11.0. The van der Waals surface area contributed by atoms with Gasteiger partial charge in [-0.05, 0) is 49.4 Å². The first-order valence-electron chi connectivity index (χ1n) is 12.4. The number of hydrogen-bond acceptors (Lipinski definition) is 5. The molecule has 1 unspecified atom stereocenters. The maximum absolute atomic E-state index is 13.5. The van der Waals surface area contributed by atoms with Gasteiger partial charge in [0.05, 0.1) is 11.5 Å². The van der Waals surface area contributed by atoms with Crippen molar-refractivity contribution in [2.75, 3.05) is 11.3 Å². The first kappa shape index (κ1) is 28.2. The third kappa shape index (κ3) is 6.91. The fourth-order valence-corrected chi connectivity index (χ4v) is 4.55. The van der Waals surface area contributed by atoms with Crippen LogP contribution >= 0.6 is 0 Å². The normalized spacial score (nSPS) is 12.9. The Morgan fingerprint density at radius 2 is 1.73 bits per heavy atom. The van der Waals surface area contributed by atoms with E-state index in [0.717, 1.165) is 5.56 Å². The van der Waals surface area contributed by atoms with E-state index in [2.05, 4.69) is 29.0 Å². The van der Waals surface area contributed by atoms with E-state index in [1.165, 1.54) is 16.8 Å². The molecule has 1 atom stereocenters. The number of benzene rings is 2. The van der Waals surface area contributed by atoms with Gasteiger partial charge in [0.2, 0.25) is 0 Å². The monoisotopic (exact) mass is 526 g/mol. The number of sulfonamides is 1. The van der Waals surface area contributed by atoms with Crippen LogP contribution in [0.5, 0.6) is 5.75 Å². The molecular formula is C28H38N4O4S. The number of carbonyl (C=O) groups is 1. The molecule has 0 fully saturated rings. The number of rotatable bonds is 9. The van der Waals surface area contributed by atoms with Gasteiger partial charge in [-0.15, -0.1) is 0 Å². The summed E-state index contributed by atoms with van der Waals surface area (Å²) in [5.74, 6) is 0.560. The van der Waals surface area contributed by atoms with E-state index in [-0.39, 0.29) is 27.7 Å². The highest BCUT2D eigenvalue weighted by atomic mass is 32.2. The summed E-state index contributed by atoms with van der Waals surface area (Å²) < 4.78 is 36.7. The predicted octanol–water partition coefficient (Wildman–Crippen LogP) is 5.40. The fraction of sp³-hybridized carbons (Fsp3) is 0.429. The lowest BCUT2D eigenvalue weighted by Crippen LogP contribution is -2.42. The number of carbonyl (C=O) groups excluding carboxylic acids is 1. The summed E-state index contributed by atoms with van der Waals surface area (Å²) in [4.78, 5) is 13.6. The maximum atomic E-state index is 13.5. The Balaban J connectivity index is 2.12. The Morgan fingerprint density at radius 1 is 1.08 bits per heavy atom. The second-order valence-electron chi connectivity index (χ2n) is 10.9. The third-order valence-corrected chi connectivity index (χ3v) is 7.53. The van der Waals surface area contributed by atoms with Gasteiger partial charge in [0.25, 0.3) is 15.9 Å². The van der Waals surface area contributed by atoms with Crippen LogP contribution in [0.2, 0.25) is 0 Å². The van der Waals surface area contributed by atoms with Gasteiger partial charge in [-0.2, -0.15) is 5.10 Å². The van der Waals surface area contributed by atoms with Crippen molar-refractivity contribution >= 4 is 21.6 Å². The maximum Gasteiger partial charge on any atom is 0.271 e. The minimum Gasteiger partial charge on any atom is -0.493 e. The smallest absolute Gasteiger partial charge is 0.271 e. The van der Waals surface area contributed by atoms with E-state index in [1.54, 1.807) is 25.2 Å². The molecule has 0 bridgehead atoms. The predicted molar refractivity (Wildman–Crippen MR) is 147 cm³/mol. The molecule has 0 aliphatic heterocycles. The largest absolute Gasteiger partial charge is 0.493 e. The zero-order chi connectivity index (χ0) is 27.5. The fourth-order valence-electron chi connectivity index (χ4n) is 3.47. The van der Waals surface area contributed by atoms with Crippen LogP contribution in [0.4, 0.5) is 5.69 Å². The number of aromatic nitrogens is 2. The summed E-state index contributed by atoms with van der Waals surface area (Å²) in [6, 6.07) is 13.6. The van der Waals surface area contributed by atoms with Crippen LogP contribution in [-0.2, 0) is 17.1 Å². The summed E-state index contributed by atoms with van der Waals surface area (Å²) in [5.41, 5.74) is 1.94. The molecule has 0 saturated carbocycles. The first-order valence-corrected chi connectivity index (χ1v) is 13.9. The van der Waals surface area contributed by atoms with E-state index in [0.29, 0.717) is 29.5 Å². The van der Waals surface area contributed by atoms with Crippen LogP contribution in [0.15, 0.2) is 53.4 Å². The van der Waals surface area contributed by atoms with Crippen molar-refractivity contribution in [1.29, 1.82) is 0 Å². The molecule has 8 nitrogen and oxygen atoms in total. The van der Waals surface area contributed by atoms with Gasteiger partial charge in [0, 0.05) is 18.7 Å². The minimum absolute atomic E-state index is 0.0938. The minimum atomic E-state index is -4.01. The molecule has 0 aliphatic rings. The van der Waals surface area contributed by atoms with Gasteiger partial charge in [0.15, 0.2) is 5.69 Å². The molecule has 37 heavy (non-hydrogen) atoms. The number of aryl methyl sites for hydroxylation is 2. The van der Waals surface area contributed by atoms with Crippen molar-refractivity contribution in [2.24, 2.45) is 18.4 Å². The summed E-state index contributed by atoms with van der Waals surface area (Å²) in [7, 11) is -2.38. The number of nitrogens with one attached hydrogen (secondary N) is 2. The average molecular weight is 527 g/mol. The molecule has 2 aromatic carbocycles. The molecule has 9 heteroatoms. The van der Waals surface area contributed by atoms with E-state index >= 15 is 0 Å². The van der Waals surface area contributed by atoms with E-state index < -0.39 is 15.9 Å². The molecule has 0 aliphatic carbocycles. The number of anilines is 1. The number of hydrogen-bond donors (Lipinski definition) is 2. The summed E-state index contributed by atoms with van der Waals surface area (Å²) >= 11 is 0. The highest BCUT2D eigenvalue weighted by molar-refractivity contribution is 7.92. The Morgan fingerprint density at radius 3 is 2.32 bits per heavy atom. The Kier molecular flexibility index (Phi) is 8.37. The highest BCUT2D eigenvalue weighted by Gasteiger charge is 2.30. The molecule has 0 saturated heterocycles. The molecular weight excluding hydrogens is 488 g/mol. The third-order valence-electron chi connectivity index (χ3n) is 6.17. The van der Waals surface area contributed by atoms with Gasteiger partial charge in [-0.1, -0.05) is 64.4 Å². The van der Waals surface area contributed by atoms with Gasteiger partial charge in [0.1, 0.15) is 17.1 Å². The van der Waals surface area contributed by atoms with Gasteiger partial charge in [-0.3, -0.25) is 14.2 Å². The molecule has 1 aromatic heterocycles. The first-order chi connectivity index (χ1) is 17.2. The quantitative estimate of drug-likeness (QED) is 0.389. The molecule has 2 N–H and O–H groups in total. The second-order valence-corrected chi connectivity index (χ2v) is 12.6. The van der Waals surface area contributed by atoms with Crippen molar-refractivity contribution in [3.8, 4) is 17.0 Å². The summed E-state index contributed by atoms with van der Waals surface area (Å²) in [6.45, 7) is 14.5. The molecule has 3 aromatic rings. The summed E-state index contributed by atoms with van der Waals surface area (Å²) in [5, 5.41) is 7.57. The molecule has 3 rings (SSSR count). The number of amides is 1. The van der Waals surface area contributed by atoms with Gasteiger partial charge >= 0.3 is 0 Å². The standard InChI is InChI=1S/C28H38N4O4S/c1-18(2)17-36-22-11-9-10-21(16-22)24-25(31-37(34,35)23-14-12-19(3)13-15-23)26(32(8)30-24)27(33)29-20(4)28(5,6)7/h9-16,18,20,31H,17H2,1-8H3,(H,29,33). The molecule has 200 valence electrons. The molecule has 0 spiro atoms. The summed E-state index contributed by atoms with van der Waals surface area (Å²) in [6.07, 6.45) is 0. The van der Waals surface area contributed by atoms with Crippen molar-refractivity contribution < 1.29 is 17.9 Å². The van der Waals surface area contributed by atoms with Crippen LogP contribution in [0.1, 0.15) is 57.6 Å². The SMILES string of the molecule is Cc1ccc(S(=O)(=O)Nc2c(-c3cccc(OCC(C)C)c3)nn(C)c2C(=O)NC(C)C(C)(C)C)cc1. The van der Waals surface area contributed by atoms with Crippen molar-refractivity contribution in [2.45, 2.75) is 59.4 Å². The zero-order valence-electron chi connectivity index (χ0n) is 22.9. The average Bonchev–Trinajstić information content (AvgIpc) is 3.12. The topological polar surface area (TPSA) is 102 Å². The van der Waals surface area contributed by atoms with Crippen LogP contribution < -0.4 is 14.8 Å². The van der Waals surface area contributed by atoms with Crippen molar-refractivity contribution in [3.05, 3.63) is 59.8 Å². The lowest BCUT2D eigenvalue weighted by Gasteiger charge is -2.28. The van der Waals surface area contributed by atoms with Crippen LogP contribution in [0.25, 0.3) is 11.3 Å². The van der Waals surface area contributed by atoms with Crippen LogP contribution in [-0.4, -0.2) is 36.8 Å². The van der Waals surface area contributed by atoms with E-state index in [1.807, 2.05) is 52.8 Å². The lowest BCUT2D eigenvalue weighted by atomic mass is 9.88. The molecule has 1 heterocycles. The van der Waals surface area contributed by atoms with Crippen LogP contribution in [0.3, 0.4) is 0 Å². The highest BCUT2D eigenvalue weighted by Crippen LogP contribution is 2.34. The van der Waals surface area contributed by atoms with Crippen molar-refractivity contribution in [3.63, 3.8) is 0 Å². The number of nitrogens with zero attached hydrogens (tertiary/aromatic N) is 2. The van der Waals surface area contributed by atoms with Gasteiger partial charge in [-0.25, -0.2) is 8.42 Å². The van der Waals surface area contributed by atoms with Gasteiger partial charge < -0.3 is 10.1 Å². The van der Waals surface area contributed by atoms with Crippen molar-refractivity contribution in [1.82, 2.24) is 15.1 Å². The Labute approximate surface area is 220 Å². The Hall–Kier alpha value is -3.33. The lowest BCUT2D eigenvalue weighted by molar-refractivity contribution is 0.0901. The van der Waals surface area contributed by atoms with E-state index in [4.69, 9.17) is 4.74 Å².